The van der Waals surface area contributed by atoms with E-state index in [1.54, 1.807) is 24.7 Å². The molecule has 1 amide bonds. The van der Waals surface area contributed by atoms with E-state index in [4.69, 9.17) is 19.9 Å². The molecule has 2 atom stereocenters. The standard InChI is InChI=1S/C24H32N6O6/c1-15(2)18(27-24(33)36-12-16-7-5-4-6-8-16)22(32)35-13-17(11-31)9-10-30-14-26-20-19(30)21(34-3)29-23(25)28-20/h4-8,14-15,17-18,31H,9-13H2,1-3H3,(H,27,33)(H2,25,28,29)/t17?,18-/m0/s1. The first-order valence-electron chi connectivity index (χ1n) is 11.6. The first kappa shape index (κ1) is 26.7. The fourth-order valence-electron chi connectivity index (χ4n) is 3.50. The Morgan fingerprint density at radius 2 is 1.92 bits per heavy atom. The Kier molecular flexibility index (Phi) is 9.39. The van der Waals surface area contributed by atoms with E-state index < -0.39 is 18.1 Å². The molecular weight excluding hydrogens is 468 g/mol. The lowest BCUT2D eigenvalue weighted by Gasteiger charge is -2.22. The lowest BCUT2D eigenvalue weighted by molar-refractivity contribution is -0.149. The van der Waals surface area contributed by atoms with Gasteiger partial charge in [0.05, 0.1) is 20.0 Å². The van der Waals surface area contributed by atoms with Crippen molar-refractivity contribution in [2.75, 3.05) is 26.1 Å². The Hall–Kier alpha value is -3.93. The largest absolute Gasteiger partial charge is 0.479 e. The van der Waals surface area contributed by atoms with Crippen LogP contribution in [-0.2, 0) is 27.4 Å². The van der Waals surface area contributed by atoms with Crippen LogP contribution in [-0.4, -0.2) is 63.1 Å². The maximum absolute atomic E-state index is 12.7. The highest BCUT2D eigenvalue weighted by Crippen LogP contribution is 2.23. The lowest BCUT2D eigenvalue weighted by Crippen LogP contribution is -2.46. The van der Waals surface area contributed by atoms with Crippen LogP contribution >= 0.6 is 0 Å². The van der Waals surface area contributed by atoms with Crippen LogP contribution in [0, 0.1) is 11.8 Å². The molecule has 194 valence electrons. The van der Waals surface area contributed by atoms with Crippen molar-refractivity contribution >= 4 is 29.2 Å². The number of hydrogen-bond donors (Lipinski definition) is 3. The molecule has 1 unspecified atom stereocenters. The summed E-state index contributed by atoms with van der Waals surface area (Å²) in [6.07, 6.45) is 1.35. The number of hydrogen-bond acceptors (Lipinski definition) is 10. The van der Waals surface area contributed by atoms with Gasteiger partial charge in [-0.25, -0.2) is 14.6 Å². The Labute approximate surface area is 208 Å². The topological polar surface area (TPSA) is 164 Å². The quantitative estimate of drug-likeness (QED) is 0.313. The van der Waals surface area contributed by atoms with E-state index >= 15 is 0 Å². The van der Waals surface area contributed by atoms with Crippen LogP contribution in [0.3, 0.4) is 0 Å². The summed E-state index contributed by atoms with van der Waals surface area (Å²) in [5.74, 6) is -0.816. The summed E-state index contributed by atoms with van der Waals surface area (Å²) in [7, 11) is 1.48. The zero-order valence-corrected chi connectivity index (χ0v) is 20.6. The SMILES string of the molecule is COc1nc(N)nc2ncn(CCC(CO)COC(=O)[C@@H](NC(=O)OCc3ccccc3)C(C)C)c12. The van der Waals surface area contributed by atoms with Crippen molar-refractivity contribution in [3.05, 3.63) is 42.2 Å². The number of esters is 1. The van der Waals surface area contributed by atoms with Crippen molar-refractivity contribution in [2.45, 2.75) is 39.5 Å². The second-order valence-electron chi connectivity index (χ2n) is 8.60. The number of fused-ring (bicyclic) bond motifs is 1. The number of methoxy groups -OCH3 is 1. The molecule has 2 aromatic heterocycles. The molecule has 0 bridgehead atoms. The third kappa shape index (κ3) is 7.04. The first-order valence-corrected chi connectivity index (χ1v) is 11.6. The van der Waals surface area contributed by atoms with Crippen LogP contribution in [0.4, 0.5) is 10.7 Å². The Morgan fingerprint density at radius 3 is 2.58 bits per heavy atom. The minimum atomic E-state index is -0.892. The van der Waals surface area contributed by atoms with Crippen LogP contribution in [0.5, 0.6) is 5.88 Å². The van der Waals surface area contributed by atoms with Crippen molar-refractivity contribution in [1.82, 2.24) is 24.8 Å². The van der Waals surface area contributed by atoms with E-state index in [0.717, 1.165) is 5.56 Å². The number of nitrogens with one attached hydrogen (secondary N) is 1. The number of alkyl carbamates (subject to hydrolysis) is 1. The summed E-state index contributed by atoms with van der Waals surface area (Å²) < 4.78 is 17.7. The second kappa shape index (κ2) is 12.7. The number of rotatable bonds is 12. The molecule has 0 saturated carbocycles. The third-order valence-electron chi connectivity index (χ3n) is 5.56. The summed E-state index contributed by atoms with van der Waals surface area (Å²) in [6.45, 7) is 3.90. The van der Waals surface area contributed by atoms with Crippen molar-refractivity contribution in [1.29, 1.82) is 0 Å². The number of aromatic nitrogens is 4. The fourth-order valence-corrected chi connectivity index (χ4v) is 3.50. The van der Waals surface area contributed by atoms with E-state index in [2.05, 4.69) is 20.3 Å². The van der Waals surface area contributed by atoms with E-state index in [0.29, 0.717) is 30.0 Å². The van der Waals surface area contributed by atoms with Gasteiger partial charge in [-0.1, -0.05) is 44.2 Å². The number of aliphatic hydroxyl groups excluding tert-OH is 1. The van der Waals surface area contributed by atoms with Crippen molar-refractivity contribution in [3.63, 3.8) is 0 Å². The van der Waals surface area contributed by atoms with Gasteiger partial charge in [0.2, 0.25) is 11.8 Å². The Bertz CT molecular complexity index is 1150. The third-order valence-corrected chi connectivity index (χ3v) is 5.56. The van der Waals surface area contributed by atoms with Gasteiger partial charge in [-0.3, -0.25) is 0 Å². The van der Waals surface area contributed by atoms with Crippen LogP contribution in [0.15, 0.2) is 36.7 Å². The van der Waals surface area contributed by atoms with Crippen molar-refractivity contribution in [3.8, 4) is 5.88 Å². The van der Waals surface area contributed by atoms with Gasteiger partial charge in [-0.15, -0.1) is 0 Å². The van der Waals surface area contributed by atoms with Gasteiger partial charge in [0.25, 0.3) is 0 Å². The molecule has 0 fully saturated rings. The van der Waals surface area contributed by atoms with Gasteiger partial charge in [-0.05, 0) is 17.9 Å². The molecule has 0 aliphatic rings. The maximum Gasteiger partial charge on any atom is 0.408 e. The molecule has 0 radical (unpaired) electrons. The number of carbonyl (C=O) groups is 2. The highest BCUT2D eigenvalue weighted by molar-refractivity contribution is 5.81. The van der Waals surface area contributed by atoms with E-state index in [-0.39, 0.29) is 37.6 Å². The number of nitrogens with zero attached hydrogens (tertiary/aromatic N) is 4. The van der Waals surface area contributed by atoms with Crippen LogP contribution < -0.4 is 15.8 Å². The number of nitrogens with two attached hydrogens (primary N) is 1. The molecule has 2 heterocycles. The minimum absolute atomic E-state index is 0.0213. The number of imidazole rings is 1. The molecule has 1 aromatic carbocycles. The van der Waals surface area contributed by atoms with Gasteiger partial charge in [0.1, 0.15) is 12.6 Å². The molecule has 0 spiro atoms. The summed E-state index contributed by atoms with van der Waals surface area (Å²) in [4.78, 5) is 37.3. The average molecular weight is 501 g/mol. The molecule has 0 aliphatic carbocycles. The average Bonchev–Trinajstić information content (AvgIpc) is 3.28. The molecule has 3 rings (SSSR count). The molecule has 12 heteroatoms. The molecule has 3 aromatic rings. The van der Waals surface area contributed by atoms with Gasteiger partial charge < -0.3 is 34.9 Å². The second-order valence-corrected chi connectivity index (χ2v) is 8.60. The Balaban J connectivity index is 1.52. The van der Waals surface area contributed by atoms with E-state index in [1.165, 1.54) is 7.11 Å². The highest BCUT2D eigenvalue weighted by Gasteiger charge is 2.27. The Morgan fingerprint density at radius 1 is 1.17 bits per heavy atom. The minimum Gasteiger partial charge on any atom is -0.479 e. The predicted molar refractivity (Wildman–Crippen MR) is 131 cm³/mol. The summed E-state index contributed by atoms with van der Waals surface area (Å²) >= 11 is 0. The smallest absolute Gasteiger partial charge is 0.408 e. The van der Waals surface area contributed by atoms with Crippen molar-refractivity contribution < 1.29 is 28.9 Å². The van der Waals surface area contributed by atoms with E-state index in [1.807, 2.05) is 30.3 Å². The number of carbonyl (C=O) groups excluding carboxylic acids is 2. The zero-order valence-electron chi connectivity index (χ0n) is 20.6. The van der Waals surface area contributed by atoms with Gasteiger partial charge in [0.15, 0.2) is 11.2 Å². The van der Waals surface area contributed by atoms with E-state index in [9.17, 15) is 14.7 Å². The zero-order chi connectivity index (χ0) is 26.1. The molecule has 0 saturated heterocycles. The number of aliphatic hydroxyl groups is 1. The number of anilines is 1. The maximum atomic E-state index is 12.7. The predicted octanol–water partition coefficient (Wildman–Crippen LogP) is 1.91. The molecule has 12 nitrogen and oxygen atoms in total. The van der Waals surface area contributed by atoms with Crippen molar-refractivity contribution in [2.24, 2.45) is 11.8 Å². The fraction of sp³-hybridized carbons (Fsp3) is 0.458. The normalized spacial score (nSPS) is 12.8. The lowest BCUT2D eigenvalue weighted by atomic mass is 10.0. The highest BCUT2D eigenvalue weighted by atomic mass is 16.6. The number of aryl methyl sites for hydroxylation is 1. The van der Waals surface area contributed by atoms with Gasteiger partial charge >= 0.3 is 12.1 Å². The van der Waals surface area contributed by atoms with Crippen LogP contribution in [0.25, 0.3) is 11.2 Å². The van der Waals surface area contributed by atoms with Gasteiger partial charge in [-0.2, -0.15) is 9.97 Å². The molecule has 4 N–H and O–H groups in total. The summed E-state index contributed by atoms with van der Waals surface area (Å²) in [6, 6.07) is 8.34. The number of ether oxygens (including phenoxy) is 3. The molecule has 0 aliphatic heterocycles. The number of benzene rings is 1. The number of nitrogen functional groups attached to an aromatic ring is 1. The molecular formula is C24H32N6O6. The molecule has 36 heavy (non-hydrogen) atoms. The summed E-state index contributed by atoms with van der Waals surface area (Å²) in [5.41, 5.74) is 7.49. The number of amides is 1. The van der Waals surface area contributed by atoms with Crippen LogP contribution in [0.1, 0.15) is 25.8 Å². The van der Waals surface area contributed by atoms with Gasteiger partial charge in [0, 0.05) is 19.1 Å². The monoisotopic (exact) mass is 500 g/mol. The van der Waals surface area contributed by atoms with Crippen LogP contribution in [0.2, 0.25) is 0 Å². The summed E-state index contributed by atoms with van der Waals surface area (Å²) in [5, 5.41) is 12.4. The first-order chi connectivity index (χ1) is 17.3.